The lowest BCUT2D eigenvalue weighted by atomic mass is 9.87. The van der Waals surface area contributed by atoms with Crippen LogP contribution in [0.5, 0.6) is 0 Å². The summed E-state index contributed by atoms with van der Waals surface area (Å²) in [7, 11) is 0. The van der Waals surface area contributed by atoms with Crippen LogP contribution in [0.1, 0.15) is 63.7 Å². The summed E-state index contributed by atoms with van der Waals surface area (Å²) in [5.41, 5.74) is -1.62. The number of rotatable bonds is 8. The average Bonchev–Trinajstić information content (AvgIpc) is 3.55. The van der Waals surface area contributed by atoms with E-state index >= 15 is 0 Å². The fourth-order valence-corrected chi connectivity index (χ4v) is 6.63. The molecular weight excluding hydrogens is 518 g/mol. The molecule has 5 rings (SSSR count). The van der Waals surface area contributed by atoms with Gasteiger partial charge in [0.15, 0.2) is 0 Å². The van der Waals surface area contributed by atoms with Crippen LogP contribution in [0, 0.1) is 12.8 Å². The van der Waals surface area contributed by atoms with Gasteiger partial charge in [-0.2, -0.15) is 0 Å². The molecule has 0 bridgehead atoms. The minimum Gasteiger partial charge on any atom is -0.480 e. The number of aliphatic carboxylic acids is 1. The molecule has 3 heterocycles. The van der Waals surface area contributed by atoms with Crippen LogP contribution >= 0.6 is 11.3 Å². The first kappa shape index (κ1) is 27.1. The van der Waals surface area contributed by atoms with Crippen LogP contribution in [0.15, 0.2) is 56.8 Å². The zero-order valence-corrected chi connectivity index (χ0v) is 23.4. The molecule has 4 aromatic rings. The highest BCUT2D eigenvalue weighted by atomic mass is 32.1. The maximum absolute atomic E-state index is 14.1. The molecule has 1 N–H and O–H groups in total. The third-order valence-corrected chi connectivity index (χ3v) is 9.12. The monoisotopic (exact) mass is 551 g/mol. The molecule has 0 saturated heterocycles. The first-order valence-electron chi connectivity index (χ1n) is 13.2. The summed E-state index contributed by atoms with van der Waals surface area (Å²) in [6.45, 7) is 6.79. The Morgan fingerprint density at radius 2 is 1.95 bits per heavy atom. The predicted molar refractivity (Wildman–Crippen MR) is 149 cm³/mol. The summed E-state index contributed by atoms with van der Waals surface area (Å²) in [5.74, 6) is -0.564. The van der Waals surface area contributed by atoms with Crippen LogP contribution in [0.4, 0.5) is 0 Å². The number of carboxylic acids is 1. The first-order chi connectivity index (χ1) is 18.6. The van der Waals surface area contributed by atoms with Gasteiger partial charge in [0.2, 0.25) is 5.89 Å². The number of fused-ring (bicyclic) bond motifs is 1. The molecule has 0 amide bonds. The number of hydrogen-bond donors (Lipinski definition) is 1. The van der Waals surface area contributed by atoms with Crippen molar-refractivity contribution in [3.63, 3.8) is 0 Å². The Kier molecular flexibility index (Phi) is 7.35. The quantitative estimate of drug-likeness (QED) is 0.314. The highest BCUT2D eigenvalue weighted by Gasteiger charge is 2.36. The van der Waals surface area contributed by atoms with Gasteiger partial charge in [-0.25, -0.2) is 19.1 Å². The molecule has 206 valence electrons. The molecule has 1 saturated carbocycles. The molecule has 9 nitrogen and oxygen atoms in total. The SMILES string of the molecule is Cc1c(-c2ncco2)sc2c1c(=O)n(C(C)(C)C(=O)O)c(=O)n2C[C@H](O[C@H]1CCCC[C@@H]1C)c1ccccc1. The molecule has 10 heteroatoms. The lowest BCUT2D eigenvalue weighted by Crippen LogP contribution is -2.52. The van der Waals surface area contributed by atoms with Crippen LogP contribution in [0.2, 0.25) is 0 Å². The van der Waals surface area contributed by atoms with Crippen LogP contribution in [-0.4, -0.2) is 31.3 Å². The van der Waals surface area contributed by atoms with Crippen molar-refractivity contribution in [1.29, 1.82) is 0 Å². The molecule has 1 aliphatic rings. The van der Waals surface area contributed by atoms with Crippen LogP contribution in [0.25, 0.3) is 21.0 Å². The number of aromatic nitrogens is 3. The van der Waals surface area contributed by atoms with Gasteiger partial charge in [-0.3, -0.25) is 9.36 Å². The average molecular weight is 552 g/mol. The van der Waals surface area contributed by atoms with E-state index in [-0.39, 0.29) is 18.0 Å². The van der Waals surface area contributed by atoms with Crippen molar-refractivity contribution < 1.29 is 19.1 Å². The minimum absolute atomic E-state index is 0.0319. The number of carbonyl (C=O) groups is 1. The van der Waals surface area contributed by atoms with Gasteiger partial charge in [-0.1, -0.05) is 50.1 Å². The van der Waals surface area contributed by atoms with E-state index in [9.17, 15) is 19.5 Å². The Morgan fingerprint density at radius 1 is 1.23 bits per heavy atom. The van der Waals surface area contributed by atoms with Crippen molar-refractivity contribution >= 4 is 27.5 Å². The summed E-state index contributed by atoms with van der Waals surface area (Å²) in [5, 5.41) is 10.3. The van der Waals surface area contributed by atoms with E-state index in [1.807, 2.05) is 30.3 Å². The van der Waals surface area contributed by atoms with Gasteiger partial charge in [0.05, 0.1) is 29.1 Å². The summed E-state index contributed by atoms with van der Waals surface area (Å²) >= 11 is 1.24. The summed E-state index contributed by atoms with van der Waals surface area (Å²) < 4.78 is 14.6. The lowest BCUT2D eigenvalue weighted by molar-refractivity contribution is -0.146. The highest BCUT2D eigenvalue weighted by Crippen LogP contribution is 2.37. The number of ether oxygens (including phenoxy) is 1. The molecular formula is C29H33N3O6S. The largest absolute Gasteiger partial charge is 0.480 e. The lowest BCUT2D eigenvalue weighted by Gasteiger charge is -2.33. The third kappa shape index (κ3) is 4.87. The number of aryl methyl sites for hydroxylation is 1. The number of carboxylic acid groups (broad SMARTS) is 1. The van der Waals surface area contributed by atoms with Crippen LogP contribution < -0.4 is 11.2 Å². The summed E-state index contributed by atoms with van der Waals surface area (Å²) in [6.07, 6.45) is 6.79. The van der Waals surface area contributed by atoms with Crippen molar-refractivity contribution in [3.8, 4) is 10.8 Å². The van der Waals surface area contributed by atoms with E-state index < -0.39 is 28.9 Å². The Labute approximate surface area is 229 Å². The standard InChI is InChI=1S/C29H33N3O6S/c1-17-10-8-9-13-20(17)38-21(19-11-6-5-7-12-19)16-31-26-22(18(2)23(39-26)24-30-14-15-37-24)25(33)32(28(31)36)29(3,4)27(34)35/h5-7,11-12,14-15,17,20-21H,8-10,13,16H2,1-4H3,(H,34,35)/t17-,20-,21-/m0/s1. The second-order valence-corrected chi connectivity index (χ2v) is 11.8. The number of hydrogen-bond acceptors (Lipinski definition) is 7. The Hall–Kier alpha value is -3.50. The van der Waals surface area contributed by atoms with E-state index in [2.05, 4.69) is 11.9 Å². The zero-order chi connectivity index (χ0) is 27.9. The van der Waals surface area contributed by atoms with E-state index in [4.69, 9.17) is 9.15 Å². The van der Waals surface area contributed by atoms with Gasteiger partial charge in [0.1, 0.15) is 22.7 Å². The van der Waals surface area contributed by atoms with Crippen molar-refractivity contribution in [2.75, 3.05) is 0 Å². The van der Waals surface area contributed by atoms with E-state index in [0.29, 0.717) is 27.1 Å². The fourth-order valence-electron chi connectivity index (χ4n) is 5.39. The Morgan fingerprint density at radius 3 is 2.59 bits per heavy atom. The number of oxazole rings is 1. The maximum atomic E-state index is 14.1. The fraction of sp³-hybridized carbons (Fsp3) is 0.448. The van der Waals surface area contributed by atoms with E-state index in [0.717, 1.165) is 29.4 Å². The summed E-state index contributed by atoms with van der Waals surface area (Å²) in [4.78, 5) is 45.4. The van der Waals surface area contributed by atoms with Crippen molar-refractivity contribution in [2.24, 2.45) is 5.92 Å². The molecule has 0 unspecified atom stereocenters. The van der Waals surface area contributed by atoms with Crippen LogP contribution in [-0.2, 0) is 21.6 Å². The van der Waals surface area contributed by atoms with Gasteiger partial charge in [0.25, 0.3) is 5.56 Å². The van der Waals surface area contributed by atoms with Gasteiger partial charge in [-0.05, 0) is 50.7 Å². The van der Waals surface area contributed by atoms with Crippen LogP contribution in [0.3, 0.4) is 0 Å². The molecule has 39 heavy (non-hydrogen) atoms. The van der Waals surface area contributed by atoms with E-state index in [1.54, 1.807) is 6.92 Å². The molecule has 1 fully saturated rings. The topological polar surface area (TPSA) is 117 Å². The zero-order valence-electron chi connectivity index (χ0n) is 22.5. The highest BCUT2D eigenvalue weighted by molar-refractivity contribution is 7.22. The Bertz CT molecular complexity index is 1600. The second-order valence-electron chi connectivity index (χ2n) is 10.8. The van der Waals surface area contributed by atoms with Gasteiger partial charge >= 0.3 is 11.7 Å². The number of thiophene rings is 1. The van der Waals surface area contributed by atoms with Gasteiger partial charge < -0.3 is 14.3 Å². The molecule has 1 aliphatic carbocycles. The van der Waals surface area contributed by atoms with Crippen molar-refractivity contribution in [2.45, 2.75) is 77.7 Å². The third-order valence-electron chi connectivity index (χ3n) is 7.81. The van der Waals surface area contributed by atoms with E-state index in [1.165, 1.54) is 48.6 Å². The normalized spacial score (nSPS) is 18.9. The number of nitrogens with zero attached hydrogens (tertiary/aromatic N) is 3. The Balaban J connectivity index is 1.74. The van der Waals surface area contributed by atoms with Crippen molar-refractivity contribution in [1.82, 2.24) is 14.1 Å². The molecule has 0 radical (unpaired) electrons. The number of benzene rings is 1. The second kappa shape index (κ2) is 10.6. The molecule has 1 aromatic carbocycles. The van der Waals surface area contributed by atoms with Crippen molar-refractivity contribution in [3.05, 3.63) is 74.8 Å². The maximum Gasteiger partial charge on any atom is 0.333 e. The minimum atomic E-state index is -1.78. The first-order valence-corrected chi connectivity index (χ1v) is 14.1. The van der Waals surface area contributed by atoms with Gasteiger partial charge in [-0.15, -0.1) is 11.3 Å². The molecule has 0 aliphatic heterocycles. The van der Waals surface area contributed by atoms with Gasteiger partial charge in [0, 0.05) is 0 Å². The molecule has 0 spiro atoms. The predicted octanol–water partition coefficient (Wildman–Crippen LogP) is 5.34. The summed E-state index contributed by atoms with van der Waals surface area (Å²) in [6, 6.07) is 9.72. The molecule has 3 atom stereocenters. The molecule has 3 aromatic heterocycles. The smallest absolute Gasteiger partial charge is 0.333 e.